The predicted octanol–water partition coefficient (Wildman–Crippen LogP) is 2.59. The molecule has 0 aliphatic heterocycles. The molecule has 0 saturated carbocycles. The molecule has 1 aromatic rings. The highest BCUT2D eigenvalue weighted by molar-refractivity contribution is 5.99. The first-order valence-electron chi connectivity index (χ1n) is 5.35. The zero-order valence-electron chi connectivity index (χ0n) is 10.1. The van der Waals surface area contributed by atoms with E-state index in [4.69, 9.17) is 5.11 Å². The van der Waals surface area contributed by atoms with E-state index < -0.39 is 5.97 Å². The van der Waals surface area contributed by atoms with Crippen LogP contribution in [0.3, 0.4) is 0 Å². The lowest BCUT2D eigenvalue weighted by molar-refractivity contribution is 0.0693. The zero-order valence-corrected chi connectivity index (χ0v) is 10.1. The minimum atomic E-state index is -1.04. The van der Waals surface area contributed by atoms with E-state index in [-0.39, 0.29) is 11.6 Å². The van der Waals surface area contributed by atoms with Gasteiger partial charge in [-0.05, 0) is 27.2 Å². The van der Waals surface area contributed by atoms with E-state index in [1.165, 1.54) is 0 Å². The molecule has 0 unspecified atom stereocenters. The van der Waals surface area contributed by atoms with Gasteiger partial charge in [0.2, 0.25) is 0 Å². The largest absolute Gasteiger partial charge is 0.478 e. The number of rotatable bonds is 4. The fourth-order valence-corrected chi connectivity index (χ4v) is 2.14. The third-order valence-electron chi connectivity index (χ3n) is 3.11. The van der Waals surface area contributed by atoms with Crippen molar-refractivity contribution in [2.75, 3.05) is 0 Å². The number of carboxylic acids is 1. The van der Waals surface area contributed by atoms with Crippen LogP contribution < -0.4 is 0 Å². The minimum Gasteiger partial charge on any atom is -0.478 e. The van der Waals surface area contributed by atoms with E-state index in [1.54, 1.807) is 13.8 Å². The summed E-state index contributed by atoms with van der Waals surface area (Å²) in [4.78, 5) is 22.1. The second-order valence-electron chi connectivity index (χ2n) is 4.01. The predicted molar refractivity (Wildman–Crippen MR) is 61.3 cm³/mol. The average Bonchev–Trinajstić information content (AvgIpc) is 2.48. The van der Waals surface area contributed by atoms with E-state index in [0.29, 0.717) is 17.5 Å². The van der Waals surface area contributed by atoms with Gasteiger partial charge < -0.3 is 9.67 Å². The Morgan fingerprint density at radius 1 is 1.44 bits per heavy atom. The van der Waals surface area contributed by atoms with Crippen molar-refractivity contribution < 1.29 is 14.7 Å². The SMILES string of the molecule is CC[C@H](C)n1c(C)c(C=O)c(C(=O)O)c1C. The number of carbonyl (C=O) groups is 2. The molecule has 1 heterocycles. The van der Waals surface area contributed by atoms with Crippen LogP contribution in [-0.4, -0.2) is 21.9 Å². The molecule has 4 heteroatoms. The number of carboxylic acid groups (broad SMARTS) is 1. The van der Waals surface area contributed by atoms with Crippen LogP contribution in [-0.2, 0) is 0 Å². The second kappa shape index (κ2) is 4.51. The van der Waals surface area contributed by atoms with Crippen LogP contribution >= 0.6 is 0 Å². The van der Waals surface area contributed by atoms with Crippen molar-refractivity contribution in [2.24, 2.45) is 0 Å². The van der Waals surface area contributed by atoms with Crippen molar-refractivity contribution in [2.45, 2.75) is 40.2 Å². The Morgan fingerprint density at radius 2 is 2.00 bits per heavy atom. The van der Waals surface area contributed by atoms with Crippen molar-refractivity contribution in [3.63, 3.8) is 0 Å². The summed E-state index contributed by atoms with van der Waals surface area (Å²) in [6, 6.07) is 0.201. The molecule has 0 amide bonds. The Kier molecular flexibility index (Phi) is 3.52. The average molecular weight is 223 g/mol. The number of aromatic nitrogens is 1. The molecule has 16 heavy (non-hydrogen) atoms. The van der Waals surface area contributed by atoms with E-state index in [0.717, 1.165) is 12.1 Å². The van der Waals surface area contributed by atoms with Crippen LogP contribution in [0.1, 0.15) is 58.4 Å². The van der Waals surface area contributed by atoms with Crippen molar-refractivity contribution in [1.29, 1.82) is 0 Å². The van der Waals surface area contributed by atoms with Crippen LogP contribution in [0.2, 0.25) is 0 Å². The Hall–Kier alpha value is -1.58. The molecule has 0 radical (unpaired) electrons. The van der Waals surface area contributed by atoms with E-state index in [1.807, 2.05) is 18.4 Å². The Labute approximate surface area is 94.9 Å². The molecular weight excluding hydrogens is 206 g/mol. The number of aldehydes is 1. The first-order chi connectivity index (χ1) is 7.45. The molecular formula is C12H17NO3. The first-order valence-corrected chi connectivity index (χ1v) is 5.35. The summed E-state index contributed by atoms with van der Waals surface area (Å²) in [5.41, 5.74) is 1.82. The number of hydrogen-bond acceptors (Lipinski definition) is 2. The van der Waals surface area contributed by atoms with Crippen LogP contribution in [0.4, 0.5) is 0 Å². The monoisotopic (exact) mass is 223 g/mol. The van der Waals surface area contributed by atoms with Gasteiger partial charge >= 0.3 is 5.97 Å². The standard InChI is InChI=1S/C12H17NO3/c1-5-7(2)13-8(3)10(6-14)11(9(13)4)12(15)16/h6-7H,5H2,1-4H3,(H,15,16)/t7-/m0/s1. The lowest BCUT2D eigenvalue weighted by Gasteiger charge is -2.16. The van der Waals surface area contributed by atoms with Gasteiger partial charge in [-0.15, -0.1) is 0 Å². The van der Waals surface area contributed by atoms with Crippen LogP contribution in [0.25, 0.3) is 0 Å². The highest BCUT2D eigenvalue weighted by Gasteiger charge is 2.23. The van der Waals surface area contributed by atoms with Gasteiger partial charge in [-0.1, -0.05) is 6.92 Å². The van der Waals surface area contributed by atoms with Gasteiger partial charge in [0.1, 0.15) is 0 Å². The maximum absolute atomic E-state index is 11.1. The number of nitrogens with zero attached hydrogens (tertiary/aromatic N) is 1. The third-order valence-corrected chi connectivity index (χ3v) is 3.11. The molecule has 0 saturated heterocycles. The third kappa shape index (κ3) is 1.75. The molecule has 0 fully saturated rings. The van der Waals surface area contributed by atoms with E-state index >= 15 is 0 Å². The van der Waals surface area contributed by atoms with Gasteiger partial charge in [0.15, 0.2) is 6.29 Å². The van der Waals surface area contributed by atoms with Crippen molar-refractivity contribution in [3.8, 4) is 0 Å². The molecule has 0 spiro atoms. The Balaban J connectivity index is 3.53. The molecule has 0 aliphatic rings. The van der Waals surface area contributed by atoms with Crippen LogP contribution in [0.15, 0.2) is 0 Å². The molecule has 0 bridgehead atoms. The summed E-state index contributed by atoms with van der Waals surface area (Å²) in [6.07, 6.45) is 1.53. The normalized spacial score (nSPS) is 12.5. The molecule has 88 valence electrons. The molecule has 4 nitrogen and oxygen atoms in total. The quantitative estimate of drug-likeness (QED) is 0.798. The summed E-state index contributed by atoms with van der Waals surface area (Å²) >= 11 is 0. The second-order valence-corrected chi connectivity index (χ2v) is 4.01. The maximum atomic E-state index is 11.1. The van der Waals surface area contributed by atoms with Crippen LogP contribution in [0, 0.1) is 13.8 Å². The minimum absolute atomic E-state index is 0.132. The summed E-state index contributed by atoms with van der Waals surface area (Å²) in [5.74, 6) is -1.04. The molecule has 0 aliphatic carbocycles. The van der Waals surface area contributed by atoms with Gasteiger partial charge in [0.25, 0.3) is 0 Å². The summed E-state index contributed by atoms with van der Waals surface area (Å²) in [5, 5.41) is 9.10. The molecule has 1 rings (SSSR count). The van der Waals surface area contributed by atoms with E-state index in [9.17, 15) is 9.59 Å². The Bertz CT molecular complexity index is 432. The highest BCUT2D eigenvalue weighted by atomic mass is 16.4. The van der Waals surface area contributed by atoms with E-state index in [2.05, 4.69) is 0 Å². The lowest BCUT2D eigenvalue weighted by atomic mass is 10.1. The van der Waals surface area contributed by atoms with Gasteiger partial charge in [0, 0.05) is 23.0 Å². The molecule has 1 atom stereocenters. The summed E-state index contributed by atoms with van der Waals surface area (Å²) in [7, 11) is 0. The smallest absolute Gasteiger partial charge is 0.338 e. The number of carbonyl (C=O) groups excluding carboxylic acids is 1. The number of hydrogen-bond donors (Lipinski definition) is 1. The first kappa shape index (κ1) is 12.5. The van der Waals surface area contributed by atoms with Crippen molar-refractivity contribution >= 4 is 12.3 Å². The van der Waals surface area contributed by atoms with Gasteiger partial charge in [-0.2, -0.15) is 0 Å². The van der Waals surface area contributed by atoms with Crippen molar-refractivity contribution in [3.05, 3.63) is 22.5 Å². The molecule has 1 N–H and O–H groups in total. The van der Waals surface area contributed by atoms with Gasteiger partial charge in [-0.3, -0.25) is 4.79 Å². The van der Waals surface area contributed by atoms with Crippen LogP contribution in [0.5, 0.6) is 0 Å². The van der Waals surface area contributed by atoms with Crippen molar-refractivity contribution in [1.82, 2.24) is 4.57 Å². The fourth-order valence-electron chi connectivity index (χ4n) is 2.14. The fraction of sp³-hybridized carbons (Fsp3) is 0.500. The van der Waals surface area contributed by atoms with Gasteiger partial charge in [0.05, 0.1) is 5.56 Å². The summed E-state index contributed by atoms with van der Waals surface area (Å²) < 4.78 is 1.92. The zero-order chi connectivity index (χ0) is 12.5. The van der Waals surface area contributed by atoms with Gasteiger partial charge in [-0.25, -0.2) is 4.79 Å². The molecule has 1 aromatic heterocycles. The molecule has 0 aromatic carbocycles. The maximum Gasteiger partial charge on any atom is 0.338 e. The highest BCUT2D eigenvalue weighted by Crippen LogP contribution is 2.26. The topological polar surface area (TPSA) is 59.3 Å². The number of aromatic carboxylic acids is 1. The summed E-state index contributed by atoms with van der Waals surface area (Å²) in [6.45, 7) is 7.58. The Morgan fingerprint density at radius 3 is 2.31 bits per heavy atom. The lowest BCUT2D eigenvalue weighted by Crippen LogP contribution is -2.08.